The molecule has 2 N–H and O–H groups in total. The van der Waals surface area contributed by atoms with Gasteiger partial charge in [-0.05, 0) is 37.7 Å². The number of hydrogen-bond acceptors (Lipinski definition) is 2. The first-order chi connectivity index (χ1) is 11.3. The van der Waals surface area contributed by atoms with Gasteiger partial charge in [-0.15, -0.1) is 0 Å². The molecule has 0 saturated heterocycles. The number of carbonyl (C=O) groups is 1. The Kier molecular flexibility index (Phi) is 6.09. The van der Waals surface area contributed by atoms with E-state index in [1.54, 1.807) is 0 Å². The van der Waals surface area contributed by atoms with Crippen molar-refractivity contribution in [2.45, 2.75) is 82.3 Å². The molecule has 0 spiro atoms. The lowest BCUT2D eigenvalue weighted by Gasteiger charge is -2.27. The van der Waals surface area contributed by atoms with Crippen molar-refractivity contribution in [3.63, 3.8) is 0 Å². The second-order valence-corrected chi connectivity index (χ2v) is 7.23. The summed E-state index contributed by atoms with van der Waals surface area (Å²) < 4.78 is 0. The predicted molar refractivity (Wildman–Crippen MR) is 94.3 cm³/mol. The molecule has 23 heavy (non-hydrogen) atoms. The third-order valence-electron chi connectivity index (χ3n) is 5.06. The van der Waals surface area contributed by atoms with E-state index in [2.05, 4.69) is 34.9 Å². The van der Waals surface area contributed by atoms with Crippen molar-refractivity contribution < 1.29 is 4.79 Å². The number of nitrogens with one attached hydrogen (secondary N) is 2. The minimum atomic E-state index is -0.0950. The molecule has 2 saturated carbocycles. The normalized spacial score (nSPS) is 21.2. The standard InChI is InChI=1S/C20H30N2O/c23-20(22-18-13-14-18)19(15-16-9-5-4-6-10-16)21-17-11-7-2-1-3-8-12-17/h4-6,9-10,17-19,21H,1-3,7-8,11-15H2,(H,22,23)/t19-/m1/s1. The van der Waals surface area contributed by atoms with Crippen LogP contribution in [0.4, 0.5) is 0 Å². The van der Waals surface area contributed by atoms with Crippen molar-refractivity contribution in [2.24, 2.45) is 0 Å². The maximum atomic E-state index is 12.7. The summed E-state index contributed by atoms with van der Waals surface area (Å²) in [6.07, 6.45) is 12.1. The number of carbonyl (C=O) groups excluding carboxylic acids is 1. The first kappa shape index (κ1) is 16.5. The van der Waals surface area contributed by atoms with Gasteiger partial charge in [0.1, 0.15) is 0 Å². The molecular weight excluding hydrogens is 284 g/mol. The molecule has 2 aliphatic carbocycles. The molecule has 126 valence electrons. The first-order valence-electron chi connectivity index (χ1n) is 9.41. The van der Waals surface area contributed by atoms with Crippen molar-refractivity contribution in [1.29, 1.82) is 0 Å². The summed E-state index contributed by atoms with van der Waals surface area (Å²) >= 11 is 0. The summed E-state index contributed by atoms with van der Waals surface area (Å²) in [4.78, 5) is 12.7. The third kappa shape index (κ3) is 5.65. The molecule has 0 aromatic heterocycles. The highest BCUT2D eigenvalue weighted by Gasteiger charge is 2.28. The zero-order valence-corrected chi connectivity index (χ0v) is 14.1. The minimum absolute atomic E-state index is 0.0950. The Bertz CT molecular complexity index is 476. The Morgan fingerprint density at radius 1 is 0.913 bits per heavy atom. The van der Waals surface area contributed by atoms with Crippen LogP contribution >= 0.6 is 0 Å². The smallest absolute Gasteiger partial charge is 0.237 e. The maximum Gasteiger partial charge on any atom is 0.237 e. The van der Waals surface area contributed by atoms with Gasteiger partial charge in [0.15, 0.2) is 0 Å². The van der Waals surface area contributed by atoms with Crippen molar-refractivity contribution in [1.82, 2.24) is 10.6 Å². The SMILES string of the molecule is O=C(NC1CC1)[C@@H](Cc1ccccc1)NC1CCCCCCC1. The Morgan fingerprint density at radius 3 is 2.22 bits per heavy atom. The quantitative estimate of drug-likeness (QED) is 0.842. The van der Waals surface area contributed by atoms with Crippen LogP contribution in [0.15, 0.2) is 30.3 Å². The van der Waals surface area contributed by atoms with Crippen molar-refractivity contribution in [3.8, 4) is 0 Å². The van der Waals surface area contributed by atoms with Crippen LogP contribution in [0.1, 0.15) is 63.4 Å². The maximum absolute atomic E-state index is 12.7. The number of amides is 1. The summed E-state index contributed by atoms with van der Waals surface area (Å²) in [5.41, 5.74) is 1.24. The second kappa shape index (κ2) is 8.49. The monoisotopic (exact) mass is 314 g/mol. The van der Waals surface area contributed by atoms with Crippen LogP contribution in [0.5, 0.6) is 0 Å². The average molecular weight is 314 g/mol. The summed E-state index contributed by atoms with van der Waals surface area (Å²) in [7, 11) is 0. The fourth-order valence-corrected chi connectivity index (χ4v) is 3.51. The Morgan fingerprint density at radius 2 is 1.57 bits per heavy atom. The fourth-order valence-electron chi connectivity index (χ4n) is 3.51. The molecule has 0 radical (unpaired) electrons. The van der Waals surface area contributed by atoms with Gasteiger partial charge >= 0.3 is 0 Å². The molecule has 0 unspecified atom stereocenters. The van der Waals surface area contributed by atoms with Crippen molar-refractivity contribution >= 4 is 5.91 Å². The van der Waals surface area contributed by atoms with Crippen LogP contribution in [0.25, 0.3) is 0 Å². The largest absolute Gasteiger partial charge is 0.352 e. The molecule has 0 aliphatic heterocycles. The molecule has 0 bridgehead atoms. The molecule has 3 rings (SSSR count). The summed E-state index contributed by atoms with van der Waals surface area (Å²) in [5.74, 6) is 0.193. The first-order valence-corrected chi connectivity index (χ1v) is 9.41. The van der Waals surface area contributed by atoms with Crippen LogP contribution in [0, 0.1) is 0 Å². The summed E-state index contributed by atoms with van der Waals surface area (Å²) in [6, 6.07) is 11.2. The molecule has 3 nitrogen and oxygen atoms in total. The van der Waals surface area contributed by atoms with Gasteiger partial charge in [-0.2, -0.15) is 0 Å². The molecule has 1 aromatic carbocycles. The molecule has 2 aliphatic rings. The lowest BCUT2D eigenvalue weighted by Crippen LogP contribution is -2.50. The van der Waals surface area contributed by atoms with E-state index in [-0.39, 0.29) is 11.9 Å². The molecule has 1 atom stereocenters. The molecule has 3 heteroatoms. The van der Waals surface area contributed by atoms with E-state index < -0.39 is 0 Å². The van der Waals surface area contributed by atoms with Crippen molar-refractivity contribution in [2.75, 3.05) is 0 Å². The molecule has 2 fully saturated rings. The second-order valence-electron chi connectivity index (χ2n) is 7.23. The van der Waals surface area contributed by atoms with E-state index in [0.717, 1.165) is 19.3 Å². The van der Waals surface area contributed by atoms with Crippen LogP contribution < -0.4 is 10.6 Å². The zero-order valence-electron chi connectivity index (χ0n) is 14.1. The van der Waals surface area contributed by atoms with Crippen LogP contribution in [0.3, 0.4) is 0 Å². The van der Waals surface area contributed by atoms with E-state index in [9.17, 15) is 4.79 Å². The fraction of sp³-hybridized carbons (Fsp3) is 0.650. The molecular formula is C20H30N2O. The Labute approximate surface area is 140 Å². The van der Waals surface area contributed by atoms with Crippen LogP contribution in [0.2, 0.25) is 0 Å². The predicted octanol–water partition coefficient (Wildman–Crippen LogP) is 3.58. The zero-order chi connectivity index (χ0) is 15.9. The van der Waals surface area contributed by atoms with Gasteiger partial charge < -0.3 is 10.6 Å². The van der Waals surface area contributed by atoms with E-state index in [1.807, 2.05) is 6.07 Å². The number of benzene rings is 1. The molecule has 1 aromatic rings. The van der Waals surface area contributed by atoms with Crippen molar-refractivity contribution in [3.05, 3.63) is 35.9 Å². The van der Waals surface area contributed by atoms with E-state index in [1.165, 1.54) is 50.5 Å². The summed E-state index contributed by atoms with van der Waals surface area (Å²) in [5, 5.41) is 6.88. The van der Waals surface area contributed by atoms with Gasteiger partial charge in [0, 0.05) is 12.1 Å². The summed E-state index contributed by atoms with van der Waals surface area (Å²) in [6.45, 7) is 0. The van der Waals surface area contributed by atoms with E-state index in [0.29, 0.717) is 12.1 Å². The van der Waals surface area contributed by atoms with Gasteiger partial charge in [-0.3, -0.25) is 4.79 Å². The van der Waals surface area contributed by atoms with Gasteiger partial charge in [-0.25, -0.2) is 0 Å². The average Bonchev–Trinajstić information content (AvgIpc) is 3.34. The third-order valence-corrected chi connectivity index (χ3v) is 5.06. The van der Waals surface area contributed by atoms with Gasteiger partial charge in [0.05, 0.1) is 6.04 Å². The Balaban J connectivity index is 1.61. The lowest BCUT2D eigenvalue weighted by molar-refractivity contribution is -0.123. The number of rotatable bonds is 6. The van der Waals surface area contributed by atoms with E-state index in [4.69, 9.17) is 0 Å². The number of hydrogen-bond donors (Lipinski definition) is 2. The molecule has 1 amide bonds. The Hall–Kier alpha value is -1.35. The van der Waals surface area contributed by atoms with E-state index >= 15 is 0 Å². The lowest BCUT2D eigenvalue weighted by atomic mass is 9.95. The topological polar surface area (TPSA) is 41.1 Å². The highest BCUT2D eigenvalue weighted by molar-refractivity contribution is 5.82. The van der Waals surface area contributed by atoms with Gasteiger partial charge in [0.25, 0.3) is 0 Å². The van der Waals surface area contributed by atoms with Gasteiger partial charge in [0.2, 0.25) is 5.91 Å². The minimum Gasteiger partial charge on any atom is -0.352 e. The van der Waals surface area contributed by atoms with Crippen LogP contribution in [-0.4, -0.2) is 24.0 Å². The van der Waals surface area contributed by atoms with Gasteiger partial charge in [-0.1, -0.05) is 62.4 Å². The highest BCUT2D eigenvalue weighted by atomic mass is 16.2. The van der Waals surface area contributed by atoms with Crippen LogP contribution in [-0.2, 0) is 11.2 Å². The highest BCUT2D eigenvalue weighted by Crippen LogP contribution is 2.20. The molecule has 0 heterocycles.